The van der Waals surface area contributed by atoms with E-state index in [4.69, 9.17) is 0 Å². The first-order chi connectivity index (χ1) is 14.7. The highest BCUT2D eigenvalue weighted by atomic mass is 32.2. The van der Waals surface area contributed by atoms with E-state index in [0.29, 0.717) is 12.8 Å². The van der Waals surface area contributed by atoms with E-state index in [-0.39, 0.29) is 6.42 Å². The molecule has 4 nitrogen and oxygen atoms in total. The summed E-state index contributed by atoms with van der Waals surface area (Å²) in [5.74, 6) is -1.22. The summed E-state index contributed by atoms with van der Waals surface area (Å²) in [7, 11) is -5.70. The van der Waals surface area contributed by atoms with Gasteiger partial charge >= 0.3 is 15.5 Å². The van der Waals surface area contributed by atoms with Gasteiger partial charge in [0.1, 0.15) is 0 Å². The first-order valence-electron chi connectivity index (χ1n) is 12.3. The second kappa shape index (κ2) is 18.8. The number of rotatable bonds is 21. The zero-order valence-electron chi connectivity index (χ0n) is 19.4. The van der Waals surface area contributed by atoms with Crippen LogP contribution >= 0.6 is 0 Å². The SMILES string of the molecule is CCCCCCCCCCCCCCCCCCCCC/C([O-])=N/S(=O)(=O)C(F)(F)F. The highest BCUT2D eigenvalue weighted by Gasteiger charge is 2.45. The molecule has 0 unspecified atom stereocenters. The zero-order chi connectivity index (χ0) is 23.4. The van der Waals surface area contributed by atoms with E-state index in [1.54, 1.807) is 0 Å². The molecule has 0 saturated carbocycles. The topological polar surface area (TPSA) is 69.6 Å². The quantitative estimate of drug-likeness (QED) is 0.0995. The van der Waals surface area contributed by atoms with Gasteiger partial charge in [0.05, 0.1) is 0 Å². The van der Waals surface area contributed by atoms with E-state index in [2.05, 4.69) is 11.3 Å². The molecule has 8 heteroatoms. The molecule has 0 aromatic rings. The predicted octanol–water partition coefficient (Wildman–Crippen LogP) is 7.42. The third-order valence-electron chi connectivity index (χ3n) is 5.51. The molecule has 0 aromatic carbocycles. The van der Waals surface area contributed by atoms with Crippen molar-refractivity contribution >= 4 is 15.9 Å². The van der Waals surface area contributed by atoms with Gasteiger partial charge in [0.2, 0.25) is 0 Å². The van der Waals surface area contributed by atoms with Gasteiger partial charge in [0.25, 0.3) is 0 Å². The molecule has 0 aliphatic heterocycles. The van der Waals surface area contributed by atoms with Crippen molar-refractivity contribution in [3.05, 3.63) is 0 Å². The van der Waals surface area contributed by atoms with Crippen LogP contribution in [-0.2, 0) is 10.0 Å². The summed E-state index contributed by atoms with van der Waals surface area (Å²) in [5.41, 5.74) is -5.50. The van der Waals surface area contributed by atoms with Crippen LogP contribution in [0.25, 0.3) is 0 Å². The van der Waals surface area contributed by atoms with Crippen molar-refractivity contribution in [2.45, 2.75) is 141 Å². The number of hydrogen-bond donors (Lipinski definition) is 0. The van der Waals surface area contributed by atoms with Crippen molar-refractivity contribution in [3.63, 3.8) is 0 Å². The second-order valence-electron chi connectivity index (χ2n) is 8.52. The van der Waals surface area contributed by atoms with E-state index >= 15 is 0 Å². The Morgan fingerprint density at radius 1 is 0.645 bits per heavy atom. The van der Waals surface area contributed by atoms with Crippen LogP contribution in [0.2, 0.25) is 0 Å². The highest BCUT2D eigenvalue weighted by molar-refractivity contribution is 7.91. The molecule has 0 radical (unpaired) electrons. The molecule has 0 amide bonds. The predicted molar refractivity (Wildman–Crippen MR) is 120 cm³/mol. The summed E-state index contributed by atoms with van der Waals surface area (Å²) < 4.78 is 60.2. The highest BCUT2D eigenvalue weighted by Crippen LogP contribution is 2.24. The first-order valence-corrected chi connectivity index (χ1v) is 13.7. The fraction of sp³-hybridized carbons (Fsp3) is 0.957. The largest absolute Gasteiger partial charge is 0.861 e. The maximum atomic E-state index is 12.1. The Kier molecular flexibility index (Phi) is 18.3. The van der Waals surface area contributed by atoms with Crippen LogP contribution in [0.1, 0.15) is 135 Å². The molecule has 0 N–H and O–H groups in total. The van der Waals surface area contributed by atoms with Crippen molar-refractivity contribution < 1.29 is 26.7 Å². The minimum absolute atomic E-state index is 0.256. The van der Waals surface area contributed by atoms with Crippen molar-refractivity contribution in [2.24, 2.45) is 4.40 Å². The van der Waals surface area contributed by atoms with E-state index in [0.717, 1.165) is 19.3 Å². The maximum Gasteiger partial charge on any atom is 0.518 e. The Bertz CT molecular complexity index is 549. The Balaban J connectivity index is 3.37. The van der Waals surface area contributed by atoms with Gasteiger partial charge in [-0.3, -0.25) is 0 Å². The third-order valence-corrected chi connectivity index (χ3v) is 6.54. The van der Waals surface area contributed by atoms with Crippen molar-refractivity contribution in [3.8, 4) is 0 Å². The molecule has 31 heavy (non-hydrogen) atoms. The van der Waals surface area contributed by atoms with Gasteiger partial charge in [-0.15, -0.1) is 0 Å². The molecule has 0 aromatic heterocycles. The lowest BCUT2D eigenvalue weighted by Crippen LogP contribution is -2.26. The van der Waals surface area contributed by atoms with Gasteiger partial charge in [0, 0.05) is 0 Å². The summed E-state index contributed by atoms with van der Waals surface area (Å²) >= 11 is 0. The normalized spacial score (nSPS) is 13.1. The van der Waals surface area contributed by atoms with E-state index in [1.165, 1.54) is 89.9 Å². The number of nitrogens with zero attached hydrogens (tertiary/aromatic N) is 1. The standard InChI is InChI=1S/C23H44F3NO3S/c1-2-3-4-5-6-7-8-9-10-11-12-13-14-15-16-17-18-19-20-21-22(28)27-31(29,30)23(24,25)26/h2-21H2,1H3,(H,27,28)/p-1. The molecule has 0 rings (SSSR count). The minimum Gasteiger partial charge on any atom is -0.861 e. The van der Waals surface area contributed by atoms with Crippen LogP contribution in [0.5, 0.6) is 0 Å². The average molecular weight is 471 g/mol. The molecule has 0 saturated heterocycles. The van der Waals surface area contributed by atoms with E-state index < -0.39 is 21.4 Å². The molecule has 0 aliphatic rings. The van der Waals surface area contributed by atoms with Crippen molar-refractivity contribution in [2.75, 3.05) is 0 Å². The average Bonchev–Trinajstić information content (AvgIpc) is 2.68. The van der Waals surface area contributed by atoms with Gasteiger partial charge in [-0.25, -0.2) is 0 Å². The molecule has 0 fully saturated rings. The van der Waals surface area contributed by atoms with Crippen molar-refractivity contribution in [1.82, 2.24) is 0 Å². The monoisotopic (exact) mass is 470 g/mol. The fourth-order valence-electron chi connectivity index (χ4n) is 3.59. The maximum absolute atomic E-state index is 12.1. The molecule has 186 valence electrons. The Morgan fingerprint density at radius 2 is 0.935 bits per heavy atom. The summed E-state index contributed by atoms with van der Waals surface area (Å²) in [4.78, 5) is 0. The van der Waals surface area contributed by atoms with Gasteiger partial charge in [0.15, 0.2) is 0 Å². The summed E-state index contributed by atoms with van der Waals surface area (Å²) in [5, 5.41) is 11.2. The molecule has 0 heterocycles. The summed E-state index contributed by atoms with van der Waals surface area (Å²) in [6.45, 7) is 2.25. The number of alkyl halides is 3. The van der Waals surface area contributed by atoms with Crippen LogP contribution < -0.4 is 5.11 Å². The molecule has 0 bridgehead atoms. The summed E-state index contributed by atoms with van der Waals surface area (Å²) in [6, 6.07) is 0. The Labute approximate surface area is 188 Å². The van der Waals surface area contributed by atoms with E-state index in [1.807, 2.05) is 0 Å². The molecule has 0 spiro atoms. The molecule has 0 aliphatic carbocycles. The van der Waals surface area contributed by atoms with Gasteiger partial charge in [-0.2, -0.15) is 26.0 Å². The lowest BCUT2D eigenvalue weighted by molar-refractivity contribution is -0.218. The number of sulfonamides is 1. The van der Waals surface area contributed by atoms with Gasteiger partial charge < -0.3 is 5.11 Å². The van der Waals surface area contributed by atoms with Crippen molar-refractivity contribution in [1.29, 1.82) is 0 Å². The third kappa shape index (κ3) is 18.5. The Hall–Kier alpha value is -0.790. The lowest BCUT2D eigenvalue weighted by Gasteiger charge is -2.11. The van der Waals surface area contributed by atoms with Crippen LogP contribution in [0.3, 0.4) is 0 Å². The van der Waals surface area contributed by atoms with E-state index in [9.17, 15) is 26.7 Å². The molecule has 0 atom stereocenters. The molecular formula is C23H43F3NO3S-. The van der Waals surface area contributed by atoms with Crippen LogP contribution in [0.15, 0.2) is 4.40 Å². The minimum atomic E-state index is -5.70. The number of halogens is 3. The molecular weight excluding hydrogens is 427 g/mol. The first kappa shape index (κ1) is 30.2. The second-order valence-corrected chi connectivity index (χ2v) is 10.1. The summed E-state index contributed by atoms with van der Waals surface area (Å²) in [6.07, 6.45) is 22.6. The van der Waals surface area contributed by atoms with Gasteiger partial charge in [-0.05, 0) is 18.7 Å². The zero-order valence-corrected chi connectivity index (χ0v) is 20.2. The smallest absolute Gasteiger partial charge is 0.518 e. The van der Waals surface area contributed by atoms with Crippen LogP contribution in [0.4, 0.5) is 13.2 Å². The fourth-order valence-corrected chi connectivity index (χ4v) is 4.05. The Morgan fingerprint density at radius 3 is 1.23 bits per heavy atom. The number of hydrogen-bond acceptors (Lipinski definition) is 3. The number of unbranched alkanes of at least 4 members (excludes halogenated alkanes) is 18. The lowest BCUT2D eigenvalue weighted by atomic mass is 10.0. The van der Waals surface area contributed by atoms with Gasteiger partial charge in [-0.1, -0.05) is 122 Å². The van der Waals surface area contributed by atoms with Crippen LogP contribution in [-0.4, -0.2) is 19.8 Å². The van der Waals surface area contributed by atoms with Crippen LogP contribution in [0, 0.1) is 0 Å².